The van der Waals surface area contributed by atoms with E-state index in [1.165, 1.54) is 19.1 Å². The summed E-state index contributed by atoms with van der Waals surface area (Å²) >= 11 is 0. The van der Waals surface area contributed by atoms with Crippen LogP contribution in [-0.2, 0) is 70.2 Å². The maximum Gasteiger partial charge on any atom is 0.342 e. The summed E-state index contributed by atoms with van der Waals surface area (Å²) in [5.74, 6) is -8.93. The van der Waals surface area contributed by atoms with Crippen LogP contribution in [0.4, 0.5) is 0 Å². The molecule has 4 aliphatic heterocycles. The average Bonchev–Trinajstić information content (AvgIpc) is 2.04. The number of aromatic hydroxyl groups is 1. The number of esters is 2. The van der Waals surface area contributed by atoms with Crippen molar-refractivity contribution in [1.29, 1.82) is 0 Å². The summed E-state index contributed by atoms with van der Waals surface area (Å²) in [4.78, 5) is 94.2. The summed E-state index contributed by atoms with van der Waals surface area (Å²) < 4.78 is 39.8. The molecule has 6 rings (SSSR count). The lowest BCUT2D eigenvalue weighted by Crippen LogP contribution is -2.61. The molecular weight excluding hydrogens is 1130 g/mol. The third kappa shape index (κ3) is 18.9. The number of aliphatic hydroxyl groups is 3. The van der Waals surface area contributed by atoms with Gasteiger partial charge >= 0.3 is 17.9 Å². The summed E-state index contributed by atoms with van der Waals surface area (Å²) in [6.07, 6.45) is 13.9. The number of benzene rings is 1. The average molecular weight is 1230 g/mol. The number of ether oxygens (including phenoxy) is 7. The Kier molecular flexibility index (Phi) is 28.0. The second-order valence-corrected chi connectivity index (χ2v) is 25.2. The maximum absolute atomic E-state index is 14.4. The number of hydrogen-bond acceptors (Lipinski definition) is 18. The second kappa shape index (κ2) is 33.8. The van der Waals surface area contributed by atoms with Crippen molar-refractivity contribution in [3.8, 4) is 11.5 Å². The lowest BCUT2D eigenvalue weighted by atomic mass is 9.78. The normalized spacial score (nSPS) is 33.4. The van der Waals surface area contributed by atoms with E-state index in [0.717, 1.165) is 23.1 Å². The lowest BCUT2D eigenvalue weighted by Gasteiger charge is -2.42. The van der Waals surface area contributed by atoms with Crippen LogP contribution in [0.1, 0.15) is 172 Å². The first-order valence-corrected chi connectivity index (χ1v) is 31.2. The number of cyclic esters (lactones) is 2. The third-order valence-electron chi connectivity index (χ3n) is 18.5. The summed E-state index contributed by atoms with van der Waals surface area (Å²) in [5.41, 5.74) is 4.31. The van der Waals surface area contributed by atoms with Crippen LogP contribution >= 0.6 is 0 Å². The minimum atomic E-state index is -2.43. The fourth-order valence-corrected chi connectivity index (χ4v) is 12.8. The number of piperidine rings is 1. The number of Topliss-reactive ketones (excluding diaryl/α,β-unsaturated/α-hetero) is 3. The quantitative estimate of drug-likeness (QED) is 0.0741. The van der Waals surface area contributed by atoms with Gasteiger partial charge in [0, 0.05) is 76.0 Å². The van der Waals surface area contributed by atoms with Crippen LogP contribution in [0.25, 0.3) is 0 Å². The van der Waals surface area contributed by atoms with Crippen molar-refractivity contribution in [2.45, 2.75) is 220 Å². The fraction of sp³-hybridized carbons (Fsp3) is 0.662. The van der Waals surface area contributed by atoms with E-state index in [2.05, 4.69) is 0 Å². The molecule has 20 nitrogen and oxygen atoms in total. The molecule has 1 amide bonds. The minimum absolute atomic E-state index is 0.0193. The van der Waals surface area contributed by atoms with Crippen molar-refractivity contribution < 1.29 is 92.3 Å². The van der Waals surface area contributed by atoms with Crippen molar-refractivity contribution in [3.05, 3.63) is 81.5 Å². The highest BCUT2D eigenvalue weighted by Gasteiger charge is 2.53. The molecule has 2 bridgehead atoms. The van der Waals surface area contributed by atoms with Gasteiger partial charge in [0.05, 0.1) is 31.5 Å². The number of methoxy groups -OCH3 is 4. The first kappa shape index (κ1) is 72.9. The molecule has 88 heavy (non-hydrogen) atoms. The Hall–Kier alpha value is -5.87. The smallest absolute Gasteiger partial charge is 0.342 e. The first-order chi connectivity index (χ1) is 41.6. The van der Waals surface area contributed by atoms with Crippen LogP contribution in [0.5, 0.6) is 11.5 Å². The number of aliphatic carboxylic acids is 1. The molecule has 5 N–H and O–H groups in total. The standard InChI is InChI=1S/C51H79NO13.C17H20O6/c1-30-16-12-11-13-17-31(2)42(61-8)28-38-21-19-36(7)51(60,65-38)48(57)49(58)52-23-15-14-18-39(52)50(59)64-43(33(4)26-37-20-22-40(53)44(27-37)62-9)29-41(54)32(3)25-35(6)46(56)47(63-10)45(55)34(5)24-30;1-9(5-7-13(18)19)4-6-11-15(20)14-12(8-23-17(14)21)10(2)16(11)22-3/h11-13,16-17,25,30,32-34,36-40,42-44,46-47,53,56,60H,14-15,18-24,26-29H2,1-10H3;4,20H,5-8H2,1-3H3,(H,18,19)/b13-11+,16-12-,31-17+,35-25+;9-4+/t30-,32-,33-,34-,36-,37+,38+,39+,40-,42+,43+,44-,46-,47+,51-;/m1./s1. The molecule has 2 saturated heterocycles. The lowest BCUT2D eigenvalue weighted by molar-refractivity contribution is -0.265. The Morgan fingerprint density at radius 2 is 1.58 bits per heavy atom. The number of hydrogen-bond donors (Lipinski definition) is 5. The molecule has 4 heterocycles. The van der Waals surface area contributed by atoms with E-state index >= 15 is 0 Å². The number of nitrogens with zero attached hydrogens (tertiary/aromatic N) is 1. The molecule has 1 aromatic carbocycles. The highest BCUT2D eigenvalue weighted by molar-refractivity contribution is 6.39. The predicted octanol–water partition coefficient (Wildman–Crippen LogP) is 8.91. The van der Waals surface area contributed by atoms with Crippen LogP contribution in [0.2, 0.25) is 0 Å². The maximum atomic E-state index is 14.4. The van der Waals surface area contributed by atoms with Crippen LogP contribution in [0, 0.1) is 42.4 Å². The summed E-state index contributed by atoms with van der Waals surface area (Å²) in [6.45, 7) is 16.5. The SMILES string of the molecule is CO[C@H]1C[C@@H]2CC[C@@H](C)[C@@](O)(O2)C(=O)C(=O)N2CCCC[C@H]2C(=O)O[C@H]([C@H](C)C[C@@H]2CC[C@@H](O)[C@H](OC)C2)CC(=O)[C@H](C)/C=C(\C)[C@@H](O)[C@@H](OC)C(=O)[C@H](C)C[C@H](C)\C=C/C=C/C=C/1C.COc1c(C)c2c(c(O)c1C/C=C(\C)CCC(=O)O)C(=O)OC2. The molecule has 3 fully saturated rings. The van der Waals surface area contributed by atoms with Gasteiger partial charge in [0.25, 0.3) is 11.7 Å². The number of amides is 1. The molecule has 490 valence electrons. The molecule has 0 unspecified atom stereocenters. The van der Waals surface area contributed by atoms with Crippen molar-refractivity contribution in [1.82, 2.24) is 4.90 Å². The molecule has 5 aliphatic rings. The third-order valence-corrected chi connectivity index (χ3v) is 18.5. The Balaban J connectivity index is 0.000000510. The minimum Gasteiger partial charge on any atom is -0.507 e. The fourth-order valence-electron chi connectivity index (χ4n) is 12.8. The molecule has 1 aromatic rings. The van der Waals surface area contributed by atoms with Gasteiger partial charge in [-0.05, 0) is 139 Å². The Morgan fingerprint density at radius 3 is 2.24 bits per heavy atom. The molecule has 1 saturated carbocycles. The van der Waals surface area contributed by atoms with Crippen LogP contribution < -0.4 is 4.74 Å². The number of aliphatic hydroxyl groups excluding tert-OH is 2. The summed E-state index contributed by atoms with van der Waals surface area (Å²) in [6, 6.07) is -1.14. The van der Waals surface area contributed by atoms with Gasteiger partial charge in [-0.25, -0.2) is 9.59 Å². The number of carbonyl (C=O) groups is 7. The molecule has 1 aliphatic carbocycles. The van der Waals surface area contributed by atoms with Crippen LogP contribution in [0.3, 0.4) is 0 Å². The van der Waals surface area contributed by atoms with Crippen molar-refractivity contribution in [3.63, 3.8) is 0 Å². The monoisotopic (exact) mass is 1230 g/mol. The first-order valence-electron chi connectivity index (χ1n) is 31.2. The van der Waals surface area contributed by atoms with Gasteiger partial charge < -0.3 is 63.6 Å². The van der Waals surface area contributed by atoms with E-state index in [4.69, 9.17) is 38.3 Å². The number of carbonyl (C=O) groups excluding carboxylic acids is 6. The van der Waals surface area contributed by atoms with Gasteiger partial charge in [-0.2, -0.15) is 0 Å². The number of ketones is 3. The van der Waals surface area contributed by atoms with E-state index in [-0.39, 0.29) is 79.2 Å². The van der Waals surface area contributed by atoms with Gasteiger partial charge in [0.1, 0.15) is 53.8 Å². The number of carboxylic acid groups (broad SMARTS) is 1. The van der Waals surface area contributed by atoms with E-state index < -0.39 is 95.8 Å². The number of carboxylic acids is 1. The topological polar surface area (TPSA) is 288 Å². The van der Waals surface area contributed by atoms with Gasteiger partial charge in [0.15, 0.2) is 5.78 Å². The molecule has 15 atom stereocenters. The number of phenols is 1. The van der Waals surface area contributed by atoms with E-state index in [1.54, 1.807) is 41.1 Å². The highest BCUT2D eigenvalue weighted by Crippen LogP contribution is 2.43. The van der Waals surface area contributed by atoms with Gasteiger partial charge in [-0.15, -0.1) is 0 Å². The van der Waals surface area contributed by atoms with Gasteiger partial charge in [0.2, 0.25) is 5.79 Å². The summed E-state index contributed by atoms with van der Waals surface area (Å²) in [7, 11) is 6.03. The van der Waals surface area contributed by atoms with Crippen LogP contribution in [0.15, 0.2) is 59.3 Å². The Labute approximate surface area is 519 Å². The molecule has 0 radical (unpaired) electrons. The van der Waals surface area contributed by atoms with Crippen LogP contribution in [-0.4, -0.2) is 161 Å². The molecular formula is C68H99NO19. The zero-order valence-corrected chi connectivity index (χ0v) is 54.0. The number of phenolic OH excluding ortho intramolecular Hbond substituents is 1. The van der Waals surface area contributed by atoms with E-state index in [1.807, 2.05) is 78.0 Å². The van der Waals surface area contributed by atoms with E-state index in [0.29, 0.717) is 93.1 Å². The molecule has 0 spiro atoms. The summed E-state index contributed by atoms with van der Waals surface area (Å²) in [5, 5.41) is 53.0. The van der Waals surface area contributed by atoms with Gasteiger partial charge in [-0.3, -0.25) is 24.0 Å². The van der Waals surface area contributed by atoms with Crippen molar-refractivity contribution >= 4 is 41.2 Å². The molecule has 20 heteroatoms. The molecule has 0 aromatic heterocycles. The Morgan fingerprint density at radius 1 is 0.864 bits per heavy atom. The largest absolute Gasteiger partial charge is 0.507 e. The van der Waals surface area contributed by atoms with Gasteiger partial charge in [-0.1, -0.05) is 82.7 Å². The number of allylic oxidation sites excluding steroid dienone is 8. The Bertz CT molecular complexity index is 2780. The highest BCUT2D eigenvalue weighted by atomic mass is 16.6. The zero-order chi connectivity index (χ0) is 65.3. The van der Waals surface area contributed by atoms with E-state index in [9.17, 15) is 54.0 Å². The second-order valence-electron chi connectivity index (χ2n) is 25.2. The zero-order valence-electron chi connectivity index (χ0n) is 54.0. The van der Waals surface area contributed by atoms with Crippen molar-refractivity contribution in [2.75, 3.05) is 35.0 Å². The van der Waals surface area contributed by atoms with Crippen molar-refractivity contribution in [2.24, 2.45) is 35.5 Å². The number of fused-ring (bicyclic) bond motifs is 4. The predicted molar refractivity (Wildman–Crippen MR) is 328 cm³/mol. The number of rotatable bonds is 12.